The van der Waals surface area contributed by atoms with Crippen LogP contribution in [0.15, 0.2) is 28.3 Å². The molecule has 2 heterocycles. The molecule has 1 aliphatic rings. The van der Waals surface area contributed by atoms with Gasteiger partial charge in [-0.15, -0.1) is 0 Å². The largest absolute Gasteiger partial charge is 0.466 e. The first-order valence-corrected chi connectivity index (χ1v) is 14.2. The molecule has 0 saturated carbocycles. The van der Waals surface area contributed by atoms with Gasteiger partial charge in [-0.3, -0.25) is 25.2 Å². The number of ether oxygens (including phenoxy) is 4. The first-order valence-electron chi connectivity index (χ1n) is 12.3. The minimum Gasteiger partial charge on any atom is -0.466 e. The maximum absolute atomic E-state index is 12.3. The van der Waals surface area contributed by atoms with Crippen LogP contribution in [0.4, 0.5) is 5.69 Å². The van der Waals surface area contributed by atoms with Crippen molar-refractivity contribution in [2.75, 3.05) is 32.6 Å². The SMILES string of the molecule is CCOC(=O)CCc1cc(Oc2nc(S(C)(=O)=O)nc(OCC(=O)OCC)c2[N+](=O)[O-])cc(C2N=CCCN2)c1. The summed E-state index contributed by atoms with van der Waals surface area (Å²) in [6.45, 7) is 3.41. The van der Waals surface area contributed by atoms with Gasteiger partial charge in [-0.2, -0.15) is 9.97 Å². The third-order valence-electron chi connectivity index (χ3n) is 5.25. The van der Waals surface area contributed by atoms with Crippen molar-refractivity contribution in [3.8, 4) is 17.5 Å². The Bertz CT molecular complexity index is 1400. The number of aromatic nitrogens is 2. The van der Waals surface area contributed by atoms with Gasteiger partial charge in [-0.1, -0.05) is 6.07 Å². The number of carbonyl (C=O) groups excluding carboxylic acids is 2. The summed E-state index contributed by atoms with van der Waals surface area (Å²) in [5.74, 6) is -2.72. The van der Waals surface area contributed by atoms with E-state index < -0.39 is 62.1 Å². The second kappa shape index (κ2) is 13.7. The van der Waals surface area contributed by atoms with Crippen LogP contribution in [0.5, 0.6) is 17.5 Å². The fourth-order valence-electron chi connectivity index (χ4n) is 3.58. The molecule has 3 rings (SSSR count). The first-order chi connectivity index (χ1) is 19.0. The molecule has 0 saturated heterocycles. The second-order valence-electron chi connectivity index (χ2n) is 8.38. The molecule has 0 fully saturated rings. The number of nitrogens with zero attached hydrogens (tertiary/aromatic N) is 4. The zero-order chi connectivity index (χ0) is 29.3. The van der Waals surface area contributed by atoms with Gasteiger partial charge in [0, 0.05) is 25.4 Å². The summed E-state index contributed by atoms with van der Waals surface area (Å²) in [6, 6.07) is 4.89. The molecule has 40 heavy (non-hydrogen) atoms. The lowest BCUT2D eigenvalue weighted by Gasteiger charge is -2.20. The first kappa shape index (κ1) is 30.4. The van der Waals surface area contributed by atoms with Crippen molar-refractivity contribution in [3.05, 3.63) is 39.4 Å². The smallest absolute Gasteiger partial charge is 0.392 e. The molecule has 1 aliphatic heterocycles. The molecule has 1 aromatic heterocycles. The zero-order valence-electron chi connectivity index (χ0n) is 22.1. The predicted octanol–water partition coefficient (Wildman–Crippen LogP) is 2.08. The molecule has 1 unspecified atom stereocenters. The van der Waals surface area contributed by atoms with Crippen LogP contribution in [0.3, 0.4) is 0 Å². The number of rotatable bonds is 13. The van der Waals surface area contributed by atoms with E-state index in [-0.39, 0.29) is 31.8 Å². The number of sulfone groups is 1. The molecular weight excluding hydrogens is 550 g/mol. The summed E-state index contributed by atoms with van der Waals surface area (Å²) in [5.41, 5.74) is 0.358. The van der Waals surface area contributed by atoms with E-state index in [1.807, 2.05) is 0 Å². The van der Waals surface area contributed by atoms with Gasteiger partial charge >= 0.3 is 29.4 Å². The van der Waals surface area contributed by atoms with E-state index in [2.05, 4.69) is 20.3 Å². The average Bonchev–Trinajstić information content (AvgIpc) is 2.90. The summed E-state index contributed by atoms with van der Waals surface area (Å²) >= 11 is 0. The molecule has 0 amide bonds. The second-order valence-corrected chi connectivity index (χ2v) is 10.3. The Hall–Kier alpha value is -4.18. The Balaban J connectivity index is 2.07. The molecule has 16 heteroatoms. The number of esters is 2. The Morgan fingerprint density at radius 3 is 2.42 bits per heavy atom. The number of hydrogen-bond donors (Lipinski definition) is 1. The van der Waals surface area contributed by atoms with E-state index in [4.69, 9.17) is 18.9 Å². The lowest BCUT2D eigenvalue weighted by Crippen LogP contribution is -2.25. The van der Waals surface area contributed by atoms with Crippen molar-refractivity contribution in [3.63, 3.8) is 0 Å². The summed E-state index contributed by atoms with van der Waals surface area (Å²) in [7, 11) is -4.09. The summed E-state index contributed by atoms with van der Waals surface area (Å²) in [6.07, 6.45) is 3.16. The van der Waals surface area contributed by atoms with Crippen LogP contribution >= 0.6 is 0 Å². The molecule has 216 valence electrons. The predicted molar refractivity (Wildman–Crippen MR) is 139 cm³/mol. The van der Waals surface area contributed by atoms with Gasteiger partial charge in [0.1, 0.15) is 11.9 Å². The molecule has 0 spiro atoms. The van der Waals surface area contributed by atoms with E-state index in [0.717, 1.165) is 12.7 Å². The van der Waals surface area contributed by atoms with Gasteiger partial charge < -0.3 is 18.9 Å². The monoisotopic (exact) mass is 579 g/mol. The van der Waals surface area contributed by atoms with Gasteiger partial charge in [-0.25, -0.2) is 13.2 Å². The number of carbonyl (C=O) groups is 2. The molecule has 2 aromatic rings. The fourth-order valence-corrected chi connectivity index (χ4v) is 4.08. The Labute approximate surface area is 230 Å². The topological polar surface area (TPSA) is 199 Å². The molecule has 0 bridgehead atoms. The van der Waals surface area contributed by atoms with Crippen LogP contribution in [-0.2, 0) is 35.3 Å². The van der Waals surface area contributed by atoms with Crippen molar-refractivity contribution in [2.24, 2.45) is 4.99 Å². The quantitative estimate of drug-likeness (QED) is 0.157. The molecule has 1 atom stereocenters. The van der Waals surface area contributed by atoms with Crippen molar-refractivity contribution in [1.82, 2.24) is 15.3 Å². The number of hydrogen-bond acceptors (Lipinski definition) is 14. The van der Waals surface area contributed by atoms with Gasteiger partial charge in [0.05, 0.1) is 18.1 Å². The fraction of sp³-hybridized carbons (Fsp3) is 0.458. The van der Waals surface area contributed by atoms with E-state index in [0.29, 0.717) is 17.7 Å². The molecule has 0 aliphatic carbocycles. The molecule has 0 radical (unpaired) electrons. The maximum atomic E-state index is 12.3. The maximum Gasteiger partial charge on any atom is 0.392 e. The normalized spacial score (nSPS) is 14.8. The number of aryl methyl sites for hydroxylation is 1. The van der Waals surface area contributed by atoms with E-state index in [9.17, 15) is 28.1 Å². The van der Waals surface area contributed by atoms with Gasteiger partial charge in [0.15, 0.2) is 6.61 Å². The van der Waals surface area contributed by atoms with Crippen LogP contribution in [-0.4, -0.2) is 74.1 Å². The minimum atomic E-state index is -4.09. The van der Waals surface area contributed by atoms with Gasteiger partial charge in [-0.05, 0) is 49.9 Å². The molecule has 1 aromatic carbocycles. The standard InChI is InChI=1S/C24H29N5O10S/c1-4-36-18(30)8-7-15-11-16(21-25-9-6-10-26-21)13-17(12-15)39-23-20(29(32)33)22(38-14-19(31)37-5-2)27-24(28-23)40(3,34)35/h9,11-13,21,26H,4-8,10,14H2,1-3H3. The van der Waals surface area contributed by atoms with E-state index >= 15 is 0 Å². The highest BCUT2D eigenvalue weighted by Gasteiger charge is 2.32. The number of aliphatic imine (C=N–C) groups is 1. The summed E-state index contributed by atoms with van der Waals surface area (Å²) in [4.78, 5) is 46.6. The highest BCUT2D eigenvalue weighted by Crippen LogP contribution is 2.38. The number of nitrogens with one attached hydrogen (secondary N) is 1. The van der Waals surface area contributed by atoms with Crippen molar-refractivity contribution >= 4 is 33.7 Å². The average molecular weight is 580 g/mol. The Morgan fingerprint density at radius 2 is 1.80 bits per heavy atom. The van der Waals surface area contributed by atoms with Crippen LogP contribution in [0, 0.1) is 10.1 Å². The summed E-state index contributed by atoms with van der Waals surface area (Å²) in [5, 5.41) is 14.4. The highest BCUT2D eigenvalue weighted by atomic mass is 32.2. The van der Waals surface area contributed by atoms with Crippen LogP contribution in [0.1, 0.15) is 44.0 Å². The van der Waals surface area contributed by atoms with E-state index in [1.165, 1.54) is 6.07 Å². The highest BCUT2D eigenvalue weighted by molar-refractivity contribution is 7.90. The number of nitro groups is 1. The lowest BCUT2D eigenvalue weighted by atomic mass is 10.0. The summed E-state index contributed by atoms with van der Waals surface area (Å²) < 4.78 is 45.2. The Morgan fingerprint density at radius 1 is 1.10 bits per heavy atom. The molecule has 1 N–H and O–H groups in total. The van der Waals surface area contributed by atoms with Crippen molar-refractivity contribution in [2.45, 2.75) is 44.4 Å². The molecular formula is C24H29N5O10S. The van der Waals surface area contributed by atoms with Crippen LogP contribution in [0.25, 0.3) is 0 Å². The van der Waals surface area contributed by atoms with Gasteiger partial charge in [0.25, 0.3) is 5.16 Å². The third-order valence-corrected chi connectivity index (χ3v) is 6.10. The zero-order valence-corrected chi connectivity index (χ0v) is 22.9. The lowest BCUT2D eigenvalue weighted by molar-refractivity contribution is -0.387. The Kier molecular flexibility index (Phi) is 10.4. The third kappa shape index (κ3) is 8.41. The minimum absolute atomic E-state index is 0.0335. The van der Waals surface area contributed by atoms with Crippen molar-refractivity contribution in [1.29, 1.82) is 0 Å². The van der Waals surface area contributed by atoms with Gasteiger partial charge in [0.2, 0.25) is 9.84 Å². The van der Waals surface area contributed by atoms with Crippen LogP contribution in [0.2, 0.25) is 0 Å². The number of benzene rings is 1. The van der Waals surface area contributed by atoms with Crippen LogP contribution < -0.4 is 14.8 Å². The molecule has 15 nitrogen and oxygen atoms in total. The van der Waals surface area contributed by atoms with E-state index in [1.54, 1.807) is 32.2 Å². The van der Waals surface area contributed by atoms with Crippen molar-refractivity contribution < 1.29 is 41.9 Å².